The second kappa shape index (κ2) is 20.7. The molecule has 6 rings (SSSR count). The van der Waals surface area contributed by atoms with Crippen molar-refractivity contribution < 1.29 is 115 Å². The van der Waals surface area contributed by atoms with Crippen molar-refractivity contribution in [3.8, 4) is 22.6 Å². The summed E-state index contributed by atoms with van der Waals surface area (Å²) in [7, 11) is -6.35. The van der Waals surface area contributed by atoms with Crippen LogP contribution >= 0.6 is 47.7 Å². The molecular formula is C46H22Br2F24O2P2. The summed E-state index contributed by atoms with van der Waals surface area (Å²) in [6.07, 6.45) is -46.3. The molecule has 0 atom stereocenters. The largest absolute Gasteiger partial charge is 0.496 e. The van der Waals surface area contributed by atoms with Gasteiger partial charge in [-0.2, -0.15) is 105 Å². The zero-order valence-corrected chi connectivity index (χ0v) is 41.7. The van der Waals surface area contributed by atoms with Crippen molar-refractivity contribution in [3.63, 3.8) is 0 Å². The van der Waals surface area contributed by atoms with Crippen molar-refractivity contribution >= 4 is 79.5 Å². The van der Waals surface area contributed by atoms with Gasteiger partial charge < -0.3 is 9.47 Å². The molecule has 2 nitrogen and oxygen atoms in total. The summed E-state index contributed by atoms with van der Waals surface area (Å²) < 4.78 is 360. The van der Waals surface area contributed by atoms with Gasteiger partial charge in [0.1, 0.15) is 11.5 Å². The fourth-order valence-electron chi connectivity index (χ4n) is 7.44. The SMILES string of the molecule is COc1ccc(Br)c(P(c2cc(C(F)(F)F)cc(C(F)(F)F)c2)c2cc(C(F)(F)F)cc(C(F)(F)F)c2)c1-c1c(OC)ccc(Br)c1P(c1cc(C(F)(F)F)cc(C(F)(F)F)c1)c1cc(C(F)(F)F)cc(C(F)(F)F)c1. The van der Waals surface area contributed by atoms with Gasteiger partial charge in [-0.1, -0.05) is 31.9 Å². The van der Waals surface area contributed by atoms with Crippen LogP contribution in [0.5, 0.6) is 11.5 Å². The van der Waals surface area contributed by atoms with Crippen molar-refractivity contribution in [2.24, 2.45) is 0 Å². The van der Waals surface area contributed by atoms with Gasteiger partial charge in [-0.05, 0) is 134 Å². The van der Waals surface area contributed by atoms with E-state index >= 15 is 0 Å². The van der Waals surface area contributed by atoms with E-state index in [0.717, 1.165) is 38.5 Å². The Bertz CT molecular complexity index is 2680. The van der Waals surface area contributed by atoms with Crippen molar-refractivity contribution in [3.05, 3.63) is 151 Å². The Morgan fingerprint density at radius 3 is 0.605 bits per heavy atom. The van der Waals surface area contributed by atoms with Crippen LogP contribution in [0.15, 0.2) is 106 Å². The predicted octanol–water partition coefficient (Wildman–Crippen LogP) is 16.6. The molecule has 6 aromatic carbocycles. The maximum atomic E-state index is 14.6. The Morgan fingerprint density at radius 1 is 0.289 bits per heavy atom. The number of methoxy groups -OCH3 is 2. The Hall–Kier alpha value is -4.94. The fraction of sp³-hybridized carbons (Fsp3) is 0.217. The number of benzene rings is 6. The van der Waals surface area contributed by atoms with E-state index < -0.39 is 197 Å². The molecule has 0 aliphatic heterocycles. The van der Waals surface area contributed by atoms with E-state index in [1.807, 2.05) is 0 Å². The van der Waals surface area contributed by atoms with E-state index in [9.17, 15) is 105 Å². The molecule has 0 aliphatic rings. The molecule has 0 amide bonds. The van der Waals surface area contributed by atoms with Crippen molar-refractivity contribution in [2.45, 2.75) is 49.4 Å². The van der Waals surface area contributed by atoms with Crippen LogP contribution in [0, 0.1) is 0 Å². The fourth-order valence-corrected chi connectivity index (χ4v) is 14.4. The van der Waals surface area contributed by atoms with Gasteiger partial charge in [0.05, 0.1) is 58.7 Å². The zero-order valence-electron chi connectivity index (χ0n) is 36.8. The quantitative estimate of drug-likeness (QED) is 0.106. The lowest BCUT2D eigenvalue weighted by Gasteiger charge is -2.31. The molecule has 0 saturated carbocycles. The Morgan fingerprint density at radius 2 is 0.461 bits per heavy atom. The molecule has 0 saturated heterocycles. The first kappa shape index (κ1) is 60.3. The van der Waals surface area contributed by atoms with E-state index in [1.54, 1.807) is 0 Å². The first-order valence-corrected chi connectivity index (χ1v) is 24.2. The van der Waals surface area contributed by atoms with Crippen LogP contribution in [0.4, 0.5) is 105 Å². The van der Waals surface area contributed by atoms with Gasteiger partial charge in [0.2, 0.25) is 0 Å². The lowest BCUT2D eigenvalue weighted by atomic mass is 10.0. The number of hydrogen-bond donors (Lipinski definition) is 0. The Balaban J connectivity index is 1.98. The van der Waals surface area contributed by atoms with Gasteiger partial charge in [-0.3, -0.25) is 0 Å². The molecule has 0 fully saturated rings. The van der Waals surface area contributed by atoms with Gasteiger partial charge >= 0.3 is 49.4 Å². The summed E-state index contributed by atoms with van der Waals surface area (Å²) in [5, 5.41) is -7.42. The first-order chi connectivity index (χ1) is 34.5. The number of alkyl halides is 24. The van der Waals surface area contributed by atoms with Gasteiger partial charge in [0, 0.05) is 30.7 Å². The number of rotatable bonds is 9. The molecule has 0 unspecified atom stereocenters. The van der Waals surface area contributed by atoms with Crippen molar-refractivity contribution in [1.29, 1.82) is 0 Å². The molecular weight excluding hydrogens is 1260 g/mol. The van der Waals surface area contributed by atoms with Crippen LogP contribution in [0.1, 0.15) is 44.5 Å². The Labute approximate surface area is 429 Å². The average molecular weight is 1280 g/mol. The molecule has 76 heavy (non-hydrogen) atoms. The van der Waals surface area contributed by atoms with Gasteiger partial charge in [-0.15, -0.1) is 0 Å². The molecule has 0 spiro atoms. The molecule has 0 bridgehead atoms. The highest BCUT2D eigenvalue weighted by Gasteiger charge is 2.45. The summed E-state index contributed by atoms with van der Waals surface area (Å²) in [6, 6.07) is 0.813. The summed E-state index contributed by atoms with van der Waals surface area (Å²) in [5.41, 5.74) is -19.5. The van der Waals surface area contributed by atoms with E-state index in [1.165, 1.54) is 0 Å². The number of ether oxygens (including phenoxy) is 2. The molecule has 0 aliphatic carbocycles. The zero-order chi connectivity index (χ0) is 57.4. The molecule has 0 radical (unpaired) electrons. The lowest BCUT2D eigenvalue weighted by molar-refractivity contribution is -0.144. The minimum absolute atomic E-state index is 0.0846. The molecule has 0 N–H and O–H groups in total. The molecule has 0 heterocycles. The highest BCUT2D eigenvalue weighted by molar-refractivity contribution is 9.11. The monoisotopic (exact) mass is 1280 g/mol. The normalized spacial score (nSPS) is 13.5. The summed E-state index contributed by atoms with van der Waals surface area (Å²) >= 11 is 6.00. The second-order valence-electron chi connectivity index (χ2n) is 15.7. The van der Waals surface area contributed by atoms with Gasteiger partial charge in [0.15, 0.2) is 0 Å². The van der Waals surface area contributed by atoms with E-state index in [0.29, 0.717) is 0 Å². The van der Waals surface area contributed by atoms with Gasteiger partial charge in [0.25, 0.3) is 0 Å². The molecule has 410 valence electrons. The van der Waals surface area contributed by atoms with E-state index in [-0.39, 0.29) is 48.5 Å². The summed E-state index contributed by atoms with van der Waals surface area (Å²) in [6.45, 7) is 0. The van der Waals surface area contributed by atoms with Gasteiger partial charge in [-0.25, -0.2) is 0 Å². The topological polar surface area (TPSA) is 18.5 Å². The van der Waals surface area contributed by atoms with Crippen molar-refractivity contribution in [1.82, 2.24) is 0 Å². The maximum Gasteiger partial charge on any atom is 0.416 e. The smallest absolute Gasteiger partial charge is 0.416 e. The second-order valence-corrected chi connectivity index (χ2v) is 21.7. The number of halogens is 26. The highest BCUT2D eigenvalue weighted by Crippen LogP contribution is 2.53. The molecule has 6 aromatic rings. The third-order valence-electron chi connectivity index (χ3n) is 10.6. The average Bonchev–Trinajstić information content (AvgIpc) is 3.27. The highest BCUT2D eigenvalue weighted by atomic mass is 79.9. The summed E-state index contributed by atoms with van der Waals surface area (Å²) in [5.74, 6) is -1.60. The van der Waals surface area contributed by atoms with Crippen LogP contribution in [0.2, 0.25) is 0 Å². The summed E-state index contributed by atoms with van der Waals surface area (Å²) in [4.78, 5) is 0. The van der Waals surface area contributed by atoms with Crippen LogP contribution in [-0.4, -0.2) is 14.2 Å². The predicted molar refractivity (Wildman–Crippen MR) is 238 cm³/mol. The van der Waals surface area contributed by atoms with Crippen molar-refractivity contribution in [2.75, 3.05) is 14.2 Å². The minimum atomic E-state index is -5.78. The standard InChI is InChI=1S/C46H22Br2F24O2P2/c1-73-33-5-3-31(47)37(75(27-11-19(39(49,50)51)7-20(12-27)40(52,53)54)28-13-21(41(55,56)57)8-22(14-28)42(58,59)60)35(33)36-34(74-2)6-4-32(48)38(36)76(29-15-23(43(61,62)63)9-24(16-29)44(64,65)66)30-17-25(45(67,68)69)10-26(18-30)46(70,71)72/h3-18H,1-2H3. The molecule has 0 aromatic heterocycles. The third kappa shape index (κ3) is 13.0. The van der Waals surface area contributed by atoms with Crippen LogP contribution in [-0.2, 0) is 49.4 Å². The molecule has 30 heteroatoms. The maximum absolute atomic E-state index is 14.6. The first-order valence-electron chi connectivity index (χ1n) is 20.0. The van der Waals surface area contributed by atoms with Crippen LogP contribution in [0.3, 0.4) is 0 Å². The number of hydrogen-bond acceptors (Lipinski definition) is 2. The van der Waals surface area contributed by atoms with Crippen LogP contribution in [0.25, 0.3) is 11.1 Å². The van der Waals surface area contributed by atoms with E-state index in [4.69, 9.17) is 9.47 Å². The third-order valence-corrected chi connectivity index (χ3v) is 17.5. The lowest BCUT2D eigenvalue weighted by Crippen LogP contribution is -2.30. The van der Waals surface area contributed by atoms with E-state index in [2.05, 4.69) is 31.9 Å². The minimum Gasteiger partial charge on any atom is -0.496 e. The Kier molecular flexibility index (Phi) is 16.4. The van der Waals surface area contributed by atoms with Crippen LogP contribution < -0.4 is 41.3 Å².